The van der Waals surface area contributed by atoms with E-state index in [0.717, 1.165) is 19.9 Å². The van der Waals surface area contributed by atoms with Crippen molar-refractivity contribution in [2.45, 2.75) is 65.6 Å². The van der Waals surface area contributed by atoms with E-state index in [-0.39, 0.29) is 11.3 Å². The van der Waals surface area contributed by atoms with Crippen molar-refractivity contribution in [2.75, 3.05) is 0 Å². The Bertz CT molecular complexity index is 845. The molecular formula is C21H27NO8. The highest BCUT2D eigenvalue weighted by molar-refractivity contribution is 6.10. The van der Waals surface area contributed by atoms with Crippen LogP contribution in [0.15, 0.2) is 24.3 Å². The third-order valence-corrected chi connectivity index (χ3v) is 4.48. The van der Waals surface area contributed by atoms with E-state index in [0.29, 0.717) is 0 Å². The van der Waals surface area contributed by atoms with E-state index in [1.54, 1.807) is 27.7 Å². The van der Waals surface area contributed by atoms with Crippen molar-refractivity contribution in [3.05, 3.63) is 39.9 Å². The van der Waals surface area contributed by atoms with Crippen LogP contribution in [0.1, 0.15) is 53.5 Å². The van der Waals surface area contributed by atoms with E-state index in [4.69, 9.17) is 9.47 Å². The molecule has 0 N–H and O–H groups in total. The quantitative estimate of drug-likeness (QED) is 0.244. The van der Waals surface area contributed by atoms with E-state index in [1.165, 1.54) is 18.2 Å². The van der Waals surface area contributed by atoms with Crippen LogP contribution in [0.5, 0.6) is 0 Å². The lowest BCUT2D eigenvalue weighted by Gasteiger charge is -2.32. The van der Waals surface area contributed by atoms with Gasteiger partial charge >= 0.3 is 11.9 Å². The Morgan fingerprint density at radius 3 is 2.03 bits per heavy atom. The Hall–Kier alpha value is -3.10. The Morgan fingerprint density at radius 2 is 1.60 bits per heavy atom. The van der Waals surface area contributed by atoms with E-state index in [1.807, 2.05) is 0 Å². The second-order valence-electron chi connectivity index (χ2n) is 7.58. The van der Waals surface area contributed by atoms with Crippen LogP contribution in [-0.2, 0) is 34.1 Å². The minimum absolute atomic E-state index is 0.0292. The minimum Gasteiger partial charge on any atom is -0.462 e. The van der Waals surface area contributed by atoms with Crippen molar-refractivity contribution >= 4 is 29.2 Å². The van der Waals surface area contributed by atoms with Gasteiger partial charge in [-0.2, -0.15) is 0 Å². The lowest BCUT2D eigenvalue weighted by Crippen LogP contribution is -2.48. The maximum absolute atomic E-state index is 13.1. The summed E-state index contributed by atoms with van der Waals surface area (Å²) in [6.07, 6.45) is -1.68. The highest BCUT2D eigenvalue weighted by Gasteiger charge is 2.51. The van der Waals surface area contributed by atoms with Gasteiger partial charge in [0.2, 0.25) is 0 Å². The zero-order valence-electron chi connectivity index (χ0n) is 18.0. The molecule has 0 bridgehead atoms. The summed E-state index contributed by atoms with van der Waals surface area (Å²) in [6.45, 7) is 8.61. The molecule has 0 fully saturated rings. The van der Waals surface area contributed by atoms with Crippen LogP contribution in [0.25, 0.3) is 0 Å². The number of ketones is 2. The second-order valence-corrected chi connectivity index (χ2v) is 7.58. The molecule has 1 aromatic carbocycles. The molecule has 0 aliphatic heterocycles. The summed E-state index contributed by atoms with van der Waals surface area (Å²) in [4.78, 5) is 61.3. The monoisotopic (exact) mass is 421 g/mol. The van der Waals surface area contributed by atoms with E-state index >= 15 is 0 Å². The van der Waals surface area contributed by atoms with Crippen molar-refractivity contribution in [2.24, 2.45) is 5.92 Å². The first kappa shape index (κ1) is 24.9. The van der Waals surface area contributed by atoms with Crippen molar-refractivity contribution in [3.8, 4) is 0 Å². The van der Waals surface area contributed by atoms with Crippen LogP contribution in [-0.4, -0.2) is 40.6 Å². The number of Topliss-reactive ketones (excluding diaryl/α,β-unsaturated/α-hetero) is 2. The topological polar surface area (TPSA) is 130 Å². The van der Waals surface area contributed by atoms with Gasteiger partial charge in [-0.15, -0.1) is 0 Å². The Kier molecular flexibility index (Phi) is 8.38. The average molecular weight is 421 g/mol. The van der Waals surface area contributed by atoms with Crippen LogP contribution in [0.4, 0.5) is 5.69 Å². The summed E-state index contributed by atoms with van der Waals surface area (Å²) in [5, 5.41) is 11.2. The summed E-state index contributed by atoms with van der Waals surface area (Å²) in [7, 11) is 0. The van der Waals surface area contributed by atoms with Gasteiger partial charge in [-0.1, -0.05) is 12.1 Å². The smallest absolute Gasteiger partial charge is 0.324 e. The lowest BCUT2D eigenvalue weighted by molar-refractivity contribution is -0.384. The molecular weight excluding hydrogens is 394 g/mol. The molecule has 0 aliphatic carbocycles. The van der Waals surface area contributed by atoms with Gasteiger partial charge in [-0.3, -0.25) is 29.3 Å². The number of nitro benzene ring substituents is 1. The maximum Gasteiger partial charge on any atom is 0.324 e. The standard InChI is InChI=1S/C21H27NO8/c1-12(2)29-19(25)18(14(5)23)11-21(15(6)24,20(26)30-13(3)4)16-8-7-9-17(10-16)22(27)28/h7-10,12-13,18H,11H2,1-6H3. The van der Waals surface area contributed by atoms with Crippen molar-refractivity contribution in [3.63, 3.8) is 0 Å². The number of hydrogen-bond donors (Lipinski definition) is 0. The number of rotatable bonds is 10. The number of benzene rings is 1. The highest BCUT2D eigenvalue weighted by atomic mass is 16.6. The summed E-state index contributed by atoms with van der Waals surface area (Å²) < 4.78 is 10.4. The molecule has 9 nitrogen and oxygen atoms in total. The zero-order valence-corrected chi connectivity index (χ0v) is 18.0. The molecule has 164 valence electrons. The third kappa shape index (κ3) is 5.71. The number of hydrogen-bond acceptors (Lipinski definition) is 8. The average Bonchev–Trinajstić information content (AvgIpc) is 2.60. The molecule has 0 spiro atoms. The van der Waals surface area contributed by atoms with Crippen molar-refractivity contribution in [1.29, 1.82) is 0 Å². The van der Waals surface area contributed by atoms with Gasteiger partial charge < -0.3 is 9.47 Å². The summed E-state index contributed by atoms with van der Waals surface area (Å²) in [5.74, 6) is -4.62. The van der Waals surface area contributed by atoms with Gasteiger partial charge in [0.15, 0.2) is 11.2 Å². The number of nitrogens with zero attached hydrogens (tertiary/aromatic N) is 1. The SMILES string of the molecule is CC(=O)C(CC(C(C)=O)(C(=O)OC(C)C)c1cccc([N+](=O)[O-])c1)C(=O)OC(C)C. The first-order valence-corrected chi connectivity index (χ1v) is 9.50. The lowest BCUT2D eigenvalue weighted by atomic mass is 9.70. The molecule has 0 saturated heterocycles. The number of carbonyl (C=O) groups excluding carboxylic acids is 4. The van der Waals surface area contributed by atoms with Crippen LogP contribution in [0.2, 0.25) is 0 Å². The fraction of sp³-hybridized carbons (Fsp3) is 0.524. The largest absolute Gasteiger partial charge is 0.462 e. The van der Waals surface area contributed by atoms with Crippen LogP contribution in [0, 0.1) is 16.0 Å². The molecule has 1 rings (SSSR count). The number of nitro groups is 1. The van der Waals surface area contributed by atoms with Crippen molar-refractivity contribution in [1.82, 2.24) is 0 Å². The second kappa shape index (κ2) is 10.1. The molecule has 0 amide bonds. The van der Waals surface area contributed by atoms with E-state index < -0.39 is 58.4 Å². The molecule has 2 unspecified atom stereocenters. The fourth-order valence-electron chi connectivity index (χ4n) is 3.02. The molecule has 0 aliphatic rings. The first-order chi connectivity index (χ1) is 13.8. The van der Waals surface area contributed by atoms with E-state index in [2.05, 4.69) is 0 Å². The van der Waals surface area contributed by atoms with Gasteiger partial charge in [0.05, 0.1) is 17.1 Å². The Morgan fingerprint density at radius 1 is 1.03 bits per heavy atom. The van der Waals surface area contributed by atoms with Crippen LogP contribution >= 0.6 is 0 Å². The molecule has 0 radical (unpaired) electrons. The number of ether oxygens (including phenoxy) is 2. The van der Waals surface area contributed by atoms with Gasteiger partial charge in [-0.05, 0) is 53.5 Å². The van der Waals surface area contributed by atoms with Gasteiger partial charge in [-0.25, -0.2) is 0 Å². The molecule has 0 saturated carbocycles. The number of carbonyl (C=O) groups is 4. The normalized spacial score (nSPS) is 14.0. The fourth-order valence-corrected chi connectivity index (χ4v) is 3.02. The highest BCUT2D eigenvalue weighted by Crippen LogP contribution is 2.37. The van der Waals surface area contributed by atoms with E-state index in [9.17, 15) is 29.3 Å². The third-order valence-electron chi connectivity index (χ3n) is 4.48. The molecule has 30 heavy (non-hydrogen) atoms. The summed E-state index contributed by atoms with van der Waals surface area (Å²) >= 11 is 0. The summed E-state index contributed by atoms with van der Waals surface area (Å²) in [6, 6.07) is 4.97. The van der Waals surface area contributed by atoms with Crippen LogP contribution < -0.4 is 0 Å². The predicted molar refractivity (Wildman–Crippen MR) is 107 cm³/mol. The molecule has 0 aromatic heterocycles. The van der Waals surface area contributed by atoms with Crippen molar-refractivity contribution < 1.29 is 33.6 Å². The number of esters is 2. The first-order valence-electron chi connectivity index (χ1n) is 9.50. The molecule has 1 aromatic rings. The van der Waals surface area contributed by atoms with Gasteiger partial charge in [0, 0.05) is 12.1 Å². The predicted octanol–water partition coefficient (Wildman–Crippen LogP) is 2.92. The van der Waals surface area contributed by atoms with Gasteiger partial charge in [0.25, 0.3) is 5.69 Å². The Labute approximate surface area is 174 Å². The zero-order chi connectivity index (χ0) is 23.2. The molecule has 9 heteroatoms. The molecule has 0 heterocycles. The maximum atomic E-state index is 13.1. The summed E-state index contributed by atoms with van der Waals surface area (Å²) in [5.41, 5.74) is -2.47. The minimum atomic E-state index is -2.09. The van der Waals surface area contributed by atoms with Crippen LogP contribution in [0.3, 0.4) is 0 Å². The number of non-ortho nitro benzene ring substituents is 1. The van der Waals surface area contributed by atoms with Gasteiger partial charge in [0.1, 0.15) is 11.7 Å². The Balaban J connectivity index is 3.70. The molecule has 2 atom stereocenters.